The third-order valence-electron chi connectivity index (χ3n) is 1.90. The number of thiophene rings is 1. The van der Waals surface area contributed by atoms with Gasteiger partial charge in [-0.1, -0.05) is 0 Å². The van der Waals surface area contributed by atoms with Gasteiger partial charge < -0.3 is 24.4 Å². The number of hydrogen-bond acceptors (Lipinski definition) is 6. The normalized spacial score (nSPS) is 16.6. The monoisotopic (exact) mass is 239 g/mol. The van der Waals surface area contributed by atoms with Gasteiger partial charge in [-0.05, 0) is 16.8 Å². The van der Waals surface area contributed by atoms with Crippen LogP contribution in [-0.4, -0.2) is 29.3 Å². The van der Waals surface area contributed by atoms with E-state index in [2.05, 4.69) is 0 Å². The second-order valence-electron chi connectivity index (χ2n) is 3.22. The third-order valence-corrected chi connectivity index (χ3v) is 2.60. The molecule has 0 saturated carbocycles. The van der Waals surface area contributed by atoms with Crippen LogP contribution in [0, 0.1) is 0 Å². The van der Waals surface area contributed by atoms with Crippen molar-refractivity contribution >= 4 is 23.9 Å². The van der Waals surface area contributed by atoms with Gasteiger partial charge in [0.1, 0.15) is 0 Å². The molecule has 1 aliphatic rings. The number of hydrogen-bond donors (Lipinski definition) is 2. The summed E-state index contributed by atoms with van der Waals surface area (Å²) in [6, 6.07) is 1.79. The van der Waals surface area contributed by atoms with Crippen molar-refractivity contribution < 1.29 is 19.5 Å². The molecule has 84 valence electrons. The first-order valence-corrected chi connectivity index (χ1v) is 5.48. The third kappa shape index (κ3) is 2.43. The molecular weight excluding hydrogens is 229 g/mol. The summed E-state index contributed by atoms with van der Waals surface area (Å²) < 4.78 is 10.3. The number of aliphatic hydroxyl groups is 2. The number of rotatable bonds is 1. The fourth-order valence-electron chi connectivity index (χ4n) is 1.24. The van der Waals surface area contributed by atoms with Gasteiger partial charge in [0.05, 0.1) is 12.4 Å². The maximum absolute atomic E-state index is 9.45. The zero-order valence-corrected chi connectivity index (χ0v) is 9.35. The molecule has 0 atom stereocenters. The number of aliphatic hydroxyl groups excluding tert-OH is 2. The van der Waals surface area contributed by atoms with Gasteiger partial charge in [0.2, 0.25) is 0 Å². The first-order chi connectivity index (χ1) is 7.65. The van der Waals surface area contributed by atoms with Gasteiger partial charge in [-0.25, -0.2) is 0 Å². The van der Waals surface area contributed by atoms with E-state index in [4.69, 9.17) is 9.31 Å². The molecule has 0 fully saturated rings. The lowest BCUT2D eigenvalue weighted by Crippen LogP contribution is -2.36. The molecule has 0 aliphatic carbocycles. The molecule has 7 heteroatoms. The van der Waals surface area contributed by atoms with Crippen LogP contribution in [0.3, 0.4) is 0 Å². The van der Waals surface area contributed by atoms with Gasteiger partial charge in [-0.2, -0.15) is 11.3 Å². The largest absolute Gasteiger partial charge is 0.637 e. The lowest BCUT2D eigenvalue weighted by atomic mass is 9.81. The molecule has 0 bridgehead atoms. The van der Waals surface area contributed by atoms with Crippen LogP contribution in [0.2, 0.25) is 0 Å². The van der Waals surface area contributed by atoms with Gasteiger partial charge in [0.15, 0.2) is 0 Å². The van der Waals surface area contributed by atoms with Crippen molar-refractivity contribution in [3.05, 3.63) is 41.1 Å². The summed E-state index contributed by atoms with van der Waals surface area (Å²) in [6.07, 6.45) is 2.66. The molecule has 0 amide bonds. The number of nitrogens with zero attached hydrogens (tertiary/aromatic N) is 1. The molecule has 2 heterocycles. The minimum absolute atomic E-state index is 0.276. The second kappa shape index (κ2) is 4.40. The highest BCUT2D eigenvalue weighted by atomic mass is 32.1. The lowest BCUT2D eigenvalue weighted by Gasteiger charge is -2.19. The van der Waals surface area contributed by atoms with Crippen molar-refractivity contribution in [1.82, 2.24) is 4.90 Å². The average Bonchev–Trinajstić information content (AvgIpc) is 2.66. The Balaban J connectivity index is 2.23. The summed E-state index contributed by atoms with van der Waals surface area (Å²) in [5.74, 6) is -0.551. The maximum atomic E-state index is 9.45. The van der Waals surface area contributed by atoms with Crippen LogP contribution in [0.25, 0.3) is 0 Å². The Labute approximate surface area is 97.0 Å². The van der Waals surface area contributed by atoms with Gasteiger partial charge >= 0.3 is 7.12 Å². The highest BCUT2D eigenvalue weighted by molar-refractivity contribution is 7.09. The summed E-state index contributed by atoms with van der Waals surface area (Å²) in [5.41, 5.74) is 0.731. The van der Waals surface area contributed by atoms with Gasteiger partial charge in [0.25, 0.3) is 11.9 Å². The molecule has 2 rings (SSSR count). The molecule has 1 aromatic heterocycles. The Morgan fingerprint density at radius 2 is 1.88 bits per heavy atom. The van der Waals surface area contributed by atoms with E-state index in [-0.39, 0.29) is 11.9 Å². The van der Waals surface area contributed by atoms with Crippen LogP contribution in [0.5, 0.6) is 0 Å². The summed E-state index contributed by atoms with van der Waals surface area (Å²) in [5, 5.41) is 22.6. The maximum Gasteiger partial charge on any atom is 0.637 e. The SMILES string of the molecule is CN1C=C(O)OB(c2ccsc2)OC(O)=C1. The molecule has 1 aliphatic heterocycles. The summed E-state index contributed by atoms with van der Waals surface area (Å²) >= 11 is 1.48. The fourth-order valence-corrected chi connectivity index (χ4v) is 1.90. The van der Waals surface area contributed by atoms with Crippen LogP contribution in [0.15, 0.2) is 41.1 Å². The molecule has 2 N–H and O–H groups in total. The Bertz CT molecular complexity index is 395. The molecule has 0 aromatic carbocycles. The quantitative estimate of drug-likeness (QED) is 0.719. The van der Waals surface area contributed by atoms with Crippen molar-refractivity contribution in [2.45, 2.75) is 0 Å². The van der Waals surface area contributed by atoms with Crippen molar-refractivity contribution in [2.75, 3.05) is 7.05 Å². The van der Waals surface area contributed by atoms with E-state index in [1.54, 1.807) is 13.1 Å². The van der Waals surface area contributed by atoms with E-state index < -0.39 is 7.12 Å². The second-order valence-corrected chi connectivity index (χ2v) is 4.00. The minimum Gasteiger partial charge on any atom is -0.494 e. The van der Waals surface area contributed by atoms with Gasteiger partial charge in [-0.15, -0.1) is 0 Å². The summed E-state index contributed by atoms with van der Waals surface area (Å²) in [7, 11) is 0.789. The van der Waals surface area contributed by atoms with Crippen molar-refractivity contribution in [3.8, 4) is 0 Å². The standard InChI is InChI=1S/C9H10BNO4S/c1-11-4-8(12)14-10(15-9(13)5-11)7-2-3-16-6-7/h2-6,12-13H,1H3. The van der Waals surface area contributed by atoms with Crippen molar-refractivity contribution in [2.24, 2.45) is 0 Å². The molecule has 0 saturated heterocycles. The van der Waals surface area contributed by atoms with Gasteiger partial charge in [-0.3, -0.25) is 0 Å². The zero-order chi connectivity index (χ0) is 11.5. The predicted molar refractivity (Wildman–Crippen MR) is 61.1 cm³/mol. The van der Waals surface area contributed by atoms with Crippen LogP contribution in [0.4, 0.5) is 0 Å². The average molecular weight is 239 g/mol. The molecule has 0 radical (unpaired) electrons. The Kier molecular flexibility index (Phi) is 2.96. The Morgan fingerprint density at radius 3 is 2.38 bits per heavy atom. The smallest absolute Gasteiger partial charge is 0.494 e. The first-order valence-electron chi connectivity index (χ1n) is 4.54. The van der Waals surface area contributed by atoms with Gasteiger partial charge in [0, 0.05) is 12.5 Å². The molecule has 16 heavy (non-hydrogen) atoms. The molecule has 0 spiro atoms. The molecule has 1 aromatic rings. The van der Waals surface area contributed by atoms with Crippen LogP contribution in [0.1, 0.15) is 0 Å². The van der Waals surface area contributed by atoms with E-state index >= 15 is 0 Å². The lowest BCUT2D eigenvalue weighted by molar-refractivity contribution is 0.124. The van der Waals surface area contributed by atoms with E-state index in [0.29, 0.717) is 0 Å². The highest BCUT2D eigenvalue weighted by Crippen LogP contribution is 2.10. The van der Waals surface area contributed by atoms with E-state index in [9.17, 15) is 10.2 Å². The van der Waals surface area contributed by atoms with Crippen LogP contribution >= 0.6 is 11.3 Å². The Morgan fingerprint density at radius 1 is 1.25 bits per heavy atom. The molecule has 5 nitrogen and oxygen atoms in total. The van der Waals surface area contributed by atoms with E-state index in [1.165, 1.54) is 28.6 Å². The summed E-state index contributed by atoms with van der Waals surface area (Å²) in [6.45, 7) is 0. The fraction of sp³-hybridized carbons (Fsp3) is 0.111. The van der Waals surface area contributed by atoms with E-state index in [0.717, 1.165) is 5.46 Å². The van der Waals surface area contributed by atoms with Crippen LogP contribution < -0.4 is 5.46 Å². The first kappa shape index (κ1) is 10.8. The molecular formula is C9H10BNO4S. The summed E-state index contributed by atoms with van der Waals surface area (Å²) in [4.78, 5) is 1.43. The molecule has 0 unspecified atom stereocenters. The van der Waals surface area contributed by atoms with Crippen LogP contribution in [-0.2, 0) is 9.31 Å². The minimum atomic E-state index is -0.840. The van der Waals surface area contributed by atoms with Crippen molar-refractivity contribution in [1.29, 1.82) is 0 Å². The van der Waals surface area contributed by atoms with Crippen molar-refractivity contribution in [3.63, 3.8) is 0 Å². The predicted octanol–water partition coefficient (Wildman–Crippen LogP) is 1.14. The van der Waals surface area contributed by atoms with E-state index in [1.807, 2.05) is 10.8 Å². The highest BCUT2D eigenvalue weighted by Gasteiger charge is 2.29. The topological polar surface area (TPSA) is 62.2 Å². The zero-order valence-electron chi connectivity index (χ0n) is 8.53. The Hall–Kier alpha value is -1.76.